The van der Waals surface area contributed by atoms with Crippen LogP contribution < -0.4 is 20.5 Å². The van der Waals surface area contributed by atoms with Gasteiger partial charge in [-0.25, -0.2) is 13.1 Å². The molecule has 0 radical (unpaired) electrons. The summed E-state index contributed by atoms with van der Waals surface area (Å²) >= 11 is 0. The van der Waals surface area contributed by atoms with E-state index in [1.165, 1.54) is 19.2 Å². The van der Waals surface area contributed by atoms with Crippen LogP contribution in [0.1, 0.15) is 37.0 Å². The van der Waals surface area contributed by atoms with E-state index in [2.05, 4.69) is 10.0 Å². The van der Waals surface area contributed by atoms with Crippen LogP contribution in [0.3, 0.4) is 0 Å². The van der Waals surface area contributed by atoms with E-state index in [1.807, 2.05) is 0 Å². The SMILES string of the molecule is COc1ccc(C(=O)NC(CN)C2CC2)cc1S(=O)(=O)NC(C)C. The van der Waals surface area contributed by atoms with Gasteiger partial charge in [-0.05, 0) is 50.8 Å². The van der Waals surface area contributed by atoms with E-state index in [-0.39, 0.29) is 34.2 Å². The number of carbonyl (C=O) groups is 1. The zero-order valence-electron chi connectivity index (χ0n) is 14.2. The lowest BCUT2D eigenvalue weighted by Crippen LogP contribution is -2.41. The predicted octanol–water partition coefficient (Wildman–Crippen LogP) is 0.849. The average molecular weight is 355 g/mol. The Morgan fingerprint density at radius 1 is 1.38 bits per heavy atom. The van der Waals surface area contributed by atoms with Gasteiger partial charge in [-0.15, -0.1) is 0 Å². The van der Waals surface area contributed by atoms with Gasteiger partial charge in [-0.3, -0.25) is 4.79 Å². The zero-order chi connectivity index (χ0) is 17.9. The highest BCUT2D eigenvalue weighted by Crippen LogP contribution is 2.32. The predicted molar refractivity (Wildman–Crippen MR) is 91.5 cm³/mol. The van der Waals surface area contributed by atoms with E-state index in [0.717, 1.165) is 12.8 Å². The van der Waals surface area contributed by atoms with Crippen molar-refractivity contribution in [2.24, 2.45) is 11.7 Å². The quantitative estimate of drug-likeness (QED) is 0.640. The lowest BCUT2D eigenvalue weighted by atomic mass is 10.1. The number of hydrogen-bond donors (Lipinski definition) is 3. The molecule has 0 heterocycles. The van der Waals surface area contributed by atoms with Crippen LogP contribution in [0.2, 0.25) is 0 Å². The standard InChI is InChI=1S/C16H25N3O4S/c1-10(2)19-24(21,22)15-8-12(6-7-14(15)23-3)16(20)18-13(9-17)11-4-5-11/h6-8,10-11,13,19H,4-5,9,17H2,1-3H3,(H,18,20). The zero-order valence-corrected chi connectivity index (χ0v) is 15.0. The molecule has 1 aromatic carbocycles. The number of methoxy groups -OCH3 is 1. The van der Waals surface area contributed by atoms with E-state index in [4.69, 9.17) is 10.5 Å². The van der Waals surface area contributed by atoms with Crippen LogP contribution in [-0.4, -0.2) is 40.1 Å². The normalized spacial score (nSPS) is 16.0. The minimum absolute atomic E-state index is 0.0536. The van der Waals surface area contributed by atoms with E-state index < -0.39 is 10.0 Å². The molecule has 1 aliphatic rings. The van der Waals surface area contributed by atoms with E-state index in [1.54, 1.807) is 19.9 Å². The highest BCUT2D eigenvalue weighted by molar-refractivity contribution is 7.89. The van der Waals surface area contributed by atoms with Crippen molar-refractivity contribution in [2.75, 3.05) is 13.7 Å². The maximum Gasteiger partial charge on any atom is 0.251 e. The number of benzene rings is 1. The molecule has 1 atom stereocenters. The highest BCUT2D eigenvalue weighted by Gasteiger charge is 2.31. The second-order valence-corrected chi connectivity index (χ2v) is 7.98. The second kappa shape index (κ2) is 7.50. The van der Waals surface area contributed by atoms with Gasteiger partial charge in [0.1, 0.15) is 10.6 Å². The number of ether oxygens (including phenoxy) is 1. The number of sulfonamides is 1. The Kier molecular flexibility index (Phi) is 5.84. The van der Waals surface area contributed by atoms with E-state index in [9.17, 15) is 13.2 Å². The molecular formula is C16H25N3O4S. The van der Waals surface area contributed by atoms with Crippen LogP contribution in [0.25, 0.3) is 0 Å². The summed E-state index contributed by atoms with van der Waals surface area (Å²) in [7, 11) is -2.39. The van der Waals surface area contributed by atoms with E-state index in [0.29, 0.717) is 12.5 Å². The summed E-state index contributed by atoms with van der Waals surface area (Å²) in [5.41, 5.74) is 5.96. The summed E-state index contributed by atoms with van der Waals surface area (Å²) in [6.07, 6.45) is 2.12. The second-order valence-electron chi connectivity index (χ2n) is 6.29. The molecule has 1 fully saturated rings. The first-order valence-electron chi connectivity index (χ1n) is 7.99. The third-order valence-electron chi connectivity index (χ3n) is 3.87. The van der Waals surface area contributed by atoms with Crippen molar-refractivity contribution in [2.45, 2.75) is 43.7 Å². The van der Waals surface area contributed by atoms with Crippen LogP contribution >= 0.6 is 0 Å². The van der Waals surface area contributed by atoms with Gasteiger partial charge in [-0.1, -0.05) is 0 Å². The fourth-order valence-corrected chi connectivity index (χ4v) is 3.97. The van der Waals surface area contributed by atoms with Crippen molar-refractivity contribution in [1.29, 1.82) is 0 Å². The number of nitrogens with two attached hydrogens (primary N) is 1. The van der Waals surface area contributed by atoms with Crippen LogP contribution in [0.15, 0.2) is 23.1 Å². The van der Waals surface area contributed by atoms with E-state index >= 15 is 0 Å². The lowest BCUT2D eigenvalue weighted by Gasteiger charge is -2.17. The summed E-state index contributed by atoms with van der Waals surface area (Å²) in [4.78, 5) is 12.4. The summed E-state index contributed by atoms with van der Waals surface area (Å²) in [5, 5.41) is 2.88. The van der Waals surface area contributed by atoms with Gasteiger partial charge in [0.05, 0.1) is 7.11 Å². The fraction of sp³-hybridized carbons (Fsp3) is 0.562. The Morgan fingerprint density at radius 2 is 2.04 bits per heavy atom. The number of nitrogens with one attached hydrogen (secondary N) is 2. The molecule has 0 aromatic heterocycles. The van der Waals surface area contributed by atoms with Crippen molar-refractivity contribution in [3.8, 4) is 5.75 Å². The first-order valence-corrected chi connectivity index (χ1v) is 9.48. The molecule has 0 saturated heterocycles. The summed E-state index contributed by atoms with van der Waals surface area (Å²) in [6.45, 7) is 3.82. The Balaban J connectivity index is 2.29. The molecule has 134 valence electrons. The van der Waals surface area contributed by atoms with Crippen LogP contribution in [-0.2, 0) is 10.0 Å². The summed E-state index contributed by atoms with van der Waals surface area (Å²) in [6, 6.07) is 4.02. The minimum Gasteiger partial charge on any atom is -0.495 e. The van der Waals surface area contributed by atoms with Gasteiger partial charge in [0.25, 0.3) is 5.91 Å². The van der Waals surface area contributed by atoms with Crippen molar-refractivity contribution in [3.63, 3.8) is 0 Å². The molecule has 0 aliphatic heterocycles. The number of carbonyl (C=O) groups excluding carboxylic acids is 1. The van der Waals surface area contributed by atoms with Crippen molar-refractivity contribution in [3.05, 3.63) is 23.8 Å². The number of rotatable bonds is 8. The Hall–Kier alpha value is -1.64. The van der Waals surface area contributed by atoms with Gasteiger partial charge in [-0.2, -0.15) is 0 Å². The average Bonchev–Trinajstić information content (AvgIpc) is 3.35. The molecule has 7 nitrogen and oxygen atoms in total. The molecule has 1 saturated carbocycles. The van der Waals surface area contributed by atoms with Crippen molar-refractivity contribution < 1.29 is 17.9 Å². The molecule has 4 N–H and O–H groups in total. The monoisotopic (exact) mass is 355 g/mol. The van der Waals surface area contributed by atoms with Crippen molar-refractivity contribution in [1.82, 2.24) is 10.0 Å². The smallest absolute Gasteiger partial charge is 0.251 e. The van der Waals surface area contributed by atoms with Crippen LogP contribution in [0, 0.1) is 5.92 Å². The summed E-state index contributed by atoms with van der Waals surface area (Å²) < 4.78 is 32.5. The third kappa shape index (κ3) is 4.46. The van der Waals surface area contributed by atoms with Crippen LogP contribution in [0.5, 0.6) is 5.75 Å². The molecule has 1 amide bonds. The third-order valence-corrected chi connectivity index (χ3v) is 5.55. The number of amides is 1. The van der Waals surface area contributed by atoms with Gasteiger partial charge < -0.3 is 15.8 Å². The number of hydrogen-bond acceptors (Lipinski definition) is 5. The van der Waals surface area contributed by atoms with Gasteiger partial charge >= 0.3 is 0 Å². The lowest BCUT2D eigenvalue weighted by molar-refractivity contribution is 0.0933. The Bertz CT molecular complexity index is 699. The van der Waals surface area contributed by atoms with Crippen molar-refractivity contribution >= 4 is 15.9 Å². The molecule has 0 spiro atoms. The molecule has 24 heavy (non-hydrogen) atoms. The Morgan fingerprint density at radius 3 is 2.54 bits per heavy atom. The first kappa shape index (κ1) is 18.7. The highest BCUT2D eigenvalue weighted by atomic mass is 32.2. The van der Waals surface area contributed by atoms with Gasteiger partial charge in [0.15, 0.2) is 0 Å². The molecule has 1 unspecified atom stereocenters. The first-order chi connectivity index (χ1) is 11.3. The molecule has 1 aromatic rings. The molecule has 8 heteroatoms. The molecule has 1 aliphatic carbocycles. The Labute approximate surface area is 143 Å². The fourth-order valence-electron chi connectivity index (χ4n) is 2.52. The van der Waals surface area contributed by atoms with Gasteiger partial charge in [0.2, 0.25) is 10.0 Å². The minimum atomic E-state index is -3.78. The molecule has 2 rings (SSSR count). The van der Waals surface area contributed by atoms with Crippen LogP contribution in [0.4, 0.5) is 0 Å². The maximum atomic E-state index is 12.5. The summed E-state index contributed by atoms with van der Waals surface area (Å²) in [5.74, 6) is 0.279. The molecular weight excluding hydrogens is 330 g/mol. The largest absolute Gasteiger partial charge is 0.495 e. The maximum absolute atomic E-state index is 12.5. The van der Waals surface area contributed by atoms with Gasteiger partial charge in [0, 0.05) is 24.2 Å². The molecule has 0 bridgehead atoms. The topological polar surface area (TPSA) is 111 Å².